The molecule has 1 atom stereocenters. The van der Waals surface area contributed by atoms with Gasteiger partial charge in [-0.2, -0.15) is 5.10 Å². The molecule has 1 unspecified atom stereocenters. The van der Waals surface area contributed by atoms with Crippen molar-refractivity contribution >= 4 is 21.6 Å². The molecule has 104 valence electrons. The van der Waals surface area contributed by atoms with Crippen LogP contribution in [0.3, 0.4) is 0 Å². The first-order valence-electron chi connectivity index (χ1n) is 6.47. The highest BCUT2D eigenvalue weighted by Crippen LogP contribution is 2.24. The van der Waals surface area contributed by atoms with E-state index in [1.165, 1.54) is 4.70 Å². The first-order chi connectivity index (χ1) is 9.81. The van der Waals surface area contributed by atoms with Crippen LogP contribution in [0, 0.1) is 0 Å². The van der Waals surface area contributed by atoms with Crippen molar-refractivity contribution in [3.63, 3.8) is 0 Å². The van der Waals surface area contributed by atoms with Crippen molar-refractivity contribution in [2.45, 2.75) is 25.9 Å². The number of rotatable bonds is 5. The lowest BCUT2D eigenvalue weighted by molar-refractivity contribution is 0.509. The summed E-state index contributed by atoms with van der Waals surface area (Å²) in [6, 6.07) is 4.12. The smallest absolute Gasteiger partial charge is 0.138 e. The van der Waals surface area contributed by atoms with Crippen molar-refractivity contribution in [3.8, 4) is 0 Å². The van der Waals surface area contributed by atoms with Gasteiger partial charge in [-0.25, -0.2) is 4.98 Å². The summed E-state index contributed by atoms with van der Waals surface area (Å²) in [5, 5.41) is 6.22. The monoisotopic (exact) mass is 288 g/mol. The molecule has 7 heteroatoms. The van der Waals surface area contributed by atoms with Gasteiger partial charge in [-0.3, -0.25) is 20.9 Å². The number of nitrogens with one attached hydrogen (secondary N) is 1. The fourth-order valence-electron chi connectivity index (χ4n) is 2.22. The minimum absolute atomic E-state index is 0.0245. The molecule has 3 aromatic heterocycles. The van der Waals surface area contributed by atoms with Gasteiger partial charge < -0.3 is 0 Å². The second-order valence-electron chi connectivity index (χ2n) is 4.49. The molecule has 0 saturated heterocycles. The summed E-state index contributed by atoms with van der Waals surface area (Å²) in [5.41, 5.74) is 4.93. The summed E-state index contributed by atoms with van der Waals surface area (Å²) in [5.74, 6) is 6.62. The fourth-order valence-corrected chi connectivity index (χ4v) is 3.01. The highest BCUT2D eigenvalue weighted by atomic mass is 32.1. The van der Waals surface area contributed by atoms with E-state index in [0.717, 1.165) is 23.4 Å². The van der Waals surface area contributed by atoms with E-state index < -0.39 is 0 Å². The van der Waals surface area contributed by atoms with Gasteiger partial charge in [-0.05, 0) is 30.0 Å². The van der Waals surface area contributed by atoms with Crippen molar-refractivity contribution in [3.05, 3.63) is 41.4 Å². The third-order valence-corrected chi connectivity index (χ3v) is 4.16. The molecule has 0 aromatic carbocycles. The highest BCUT2D eigenvalue weighted by molar-refractivity contribution is 7.17. The molecular formula is C13H16N6S. The SMILES string of the molecule is CCn1ncnc1CC(NN)c1cnc2ccsc2c1. The van der Waals surface area contributed by atoms with Gasteiger partial charge in [0.05, 0.1) is 16.3 Å². The maximum absolute atomic E-state index is 5.70. The van der Waals surface area contributed by atoms with Crippen LogP contribution in [0.4, 0.5) is 0 Å². The molecule has 0 spiro atoms. The van der Waals surface area contributed by atoms with E-state index in [4.69, 9.17) is 5.84 Å². The lowest BCUT2D eigenvalue weighted by Gasteiger charge is -2.15. The third kappa shape index (κ3) is 2.43. The van der Waals surface area contributed by atoms with E-state index >= 15 is 0 Å². The molecule has 0 bridgehead atoms. The minimum Gasteiger partial charge on any atom is -0.271 e. The Balaban J connectivity index is 1.88. The first-order valence-corrected chi connectivity index (χ1v) is 7.35. The van der Waals surface area contributed by atoms with Gasteiger partial charge in [-0.15, -0.1) is 11.3 Å². The van der Waals surface area contributed by atoms with Crippen LogP contribution in [0.2, 0.25) is 0 Å². The van der Waals surface area contributed by atoms with Crippen LogP contribution in [0.15, 0.2) is 30.0 Å². The normalized spacial score (nSPS) is 12.9. The summed E-state index contributed by atoms with van der Waals surface area (Å²) >= 11 is 1.68. The molecule has 3 aromatic rings. The quantitative estimate of drug-likeness (QED) is 0.551. The number of hydrazine groups is 1. The third-order valence-electron chi connectivity index (χ3n) is 3.31. The van der Waals surface area contributed by atoms with Crippen LogP contribution in [0.5, 0.6) is 0 Å². The second kappa shape index (κ2) is 5.66. The van der Waals surface area contributed by atoms with Crippen molar-refractivity contribution < 1.29 is 0 Å². The zero-order valence-corrected chi connectivity index (χ0v) is 12.0. The summed E-state index contributed by atoms with van der Waals surface area (Å²) in [6.45, 7) is 2.84. The van der Waals surface area contributed by atoms with E-state index in [1.54, 1.807) is 17.7 Å². The van der Waals surface area contributed by atoms with Crippen molar-refractivity contribution in [2.24, 2.45) is 5.84 Å². The molecule has 0 amide bonds. The first kappa shape index (κ1) is 13.2. The van der Waals surface area contributed by atoms with Crippen molar-refractivity contribution in [2.75, 3.05) is 0 Å². The lowest BCUT2D eigenvalue weighted by atomic mass is 10.1. The van der Waals surface area contributed by atoms with E-state index in [9.17, 15) is 0 Å². The minimum atomic E-state index is -0.0245. The number of hydrogen-bond acceptors (Lipinski definition) is 6. The Labute approximate surface area is 120 Å². The van der Waals surface area contributed by atoms with Gasteiger partial charge in [0.2, 0.25) is 0 Å². The van der Waals surface area contributed by atoms with Crippen molar-refractivity contribution in [1.82, 2.24) is 25.2 Å². The fraction of sp³-hybridized carbons (Fsp3) is 0.308. The maximum Gasteiger partial charge on any atom is 0.138 e. The number of aromatic nitrogens is 4. The molecule has 0 aliphatic carbocycles. The molecular weight excluding hydrogens is 272 g/mol. The second-order valence-corrected chi connectivity index (χ2v) is 5.44. The number of fused-ring (bicyclic) bond motifs is 1. The van der Waals surface area contributed by atoms with Gasteiger partial charge in [0, 0.05) is 19.2 Å². The average Bonchev–Trinajstić information content (AvgIpc) is 3.12. The molecule has 20 heavy (non-hydrogen) atoms. The summed E-state index contributed by atoms with van der Waals surface area (Å²) in [4.78, 5) is 8.75. The summed E-state index contributed by atoms with van der Waals surface area (Å²) in [6.07, 6.45) is 4.13. The van der Waals surface area contributed by atoms with E-state index in [0.29, 0.717) is 6.42 Å². The largest absolute Gasteiger partial charge is 0.271 e. The van der Waals surface area contributed by atoms with Crippen LogP contribution in [0.25, 0.3) is 10.2 Å². The predicted molar refractivity (Wildman–Crippen MR) is 79.1 cm³/mol. The maximum atomic E-state index is 5.70. The topological polar surface area (TPSA) is 81.7 Å². The molecule has 6 nitrogen and oxygen atoms in total. The van der Waals surface area contributed by atoms with Crippen LogP contribution in [-0.2, 0) is 13.0 Å². The van der Waals surface area contributed by atoms with Crippen LogP contribution in [-0.4, -0.2) is 19.7 Å². The van der Waals surface area contributed by atoms with E-state index in [2.05, 4.69) is 26.6 Å². The molecule has 3 N–H and O–H groups in total. The average molecular weight is 288 g/mol. The van der Waals surface area contributed by atoms with Crippen LogP contribution in [0.1, 0.15) is 24.4 Å². The van der Waals surface area contributed by atoms with Crippen molar-refractivity contribution in [1.29, 1.82) is 0 Å². The molecule has 3 heterocycles. The van der Waals surface area contributed by atoms with Gasteiger partial charge in [0.15, 0.2) is 0 Å². The van der Waals surface area contributed by atoms with Crippen LogP contribution < -0.4 is 11.3 Å². The molecule has 0 saturated carbocycles. The summed E-state index contributed by atoms with van der Waals surface area (Å²) in [7, 11) is 0. The molecule has 0 radical (unpaired) electrons. The number of thiophene rings is 1. The Morgan fingerprint density at radius 2 is 2.35 bits per heavy atom. The Kier molecular flexibility index (Phi) is 3.72. The van der Waals surface area contributed by atoms with Gasteiger partial charge >= 0.3 is 0 Å². The summed E-state index contributed by atoms with van der Waals surface area (Å²) < 4.78 is 3.04. The number of pyridine rings is 1. The van der Waals surface area contributed by atoms with Crippen LogP contribution >= 0.6 is 11.3 Å². The van der Waals surface area contributed by atoms with Gasteiger partial charge in [0.1, 0.15) is 12.2 Å². The lowest BCUT2D eigenvalue weighted by Crippen LogP contribution is -2.30. The van der Waals surface area contributed by atoms with Gasteiger partial charge in [0.25, 0.3) is 0 Å². The number of aryl methyl sites for hydroxylation is 1. The zero-order chi connectivity index (χ0) is 13.9. The Hall–Kier alpha value is -1.83. The standard InChI is InChI=1S/C13H16N6S/c1-2-19-13(16-8-17-19)6-11(18-14)9-5-12-10(15-7-9)3-4-20-12/h3-5,7-8,11,18H,2,6,14H2,1H3. The Morgan fingerprint density at radius 3 is 3.15 bits per heavy atom. The molecule has 0 fully saturated rings. The number of nitrogens with zero attached hydrogens (tertiary/aromatic N) is 4. The number of nitrogens with two attached hydrogens (primary N) is 1. The molecule has 0 aliphatic heterocycles. The highest BCUT2D eigenvalue weighted by Gasteiger charge is 2.15. The Bertz CT molecular complexity index is 704. The zero-order valence-electron chi connectivity index (χ0n) is 11.2. The van der Waals surface area contributed by atoms with Gasteiger partial charge in [-0.1, -0.05) is 0 Å². The molecule has 3 rings (SSSR count). The molecule has 0 aliphatic rings. The predicted octanol–water partition coefficient (Wildman–Crippen LogP) is 1.65. The Morgan fingerprint density at radius 1 is 1.45 bits per heavy atom. The van der Waals surface area contributed by atoms with E-state index in [1.807, 2.05) is 29.2 Å². The number of hydrogen-bond donors (Lipinski definition) is 2. The van der Waals surface area contributed by atoms with E-state index in [-0.39, 0.29) is 6.04 Å².